The number of nitrogens with zero attached hydrogens (tertiary/aromatic N) is 1. The molecule has 2 unspecified atom stereocenters. The summed E-state index contributed by atoms with van der Waals surface area (Å²) in [4.78, 5) is 24.6. The number of aliphatic hydroxyl groups excluding tert-OH is 1. The third-order valence-corrected chi connectivity index (χ3v) is 3.54. The summed E-state index contributed by atoms with van der Waals surface area (Å²) in [6.07, 6.45) is -1.66. The van der Waals surface area contributed by atoms with Crippen molar-refractivity contribution in [2.75, 3.05) is 6.54 Å². The van der Waals surface area contributed by atoms with E-state index in [-0.39, 0.29) is 13.0 Å². The van der Waals surface area contributed by atoms with Crippen LogP contribution in [0.25, 0.3) is 0 Å². The largest absolute Gasteiger partial charge is 0.481 e. The summed E-state index contributed by atoms with van der Waals surface area (Å²) < 4.78 is 5.48. The van der Waals surface area contributed by atoms with Gasteiger partial charge in [0.15, 0.2) is 6.10 Å². The number of hydrogen-bond acceptors (Lipinski definition) is 4. The Labute approximate surface area is 126 Å². The number of likely N-dealkylation sites (tertiary alicyclic amines) is 1. The van der Waals surface area contributed by atoms with Crippen LogP contribution in [0.4, 0.5) is 0 Å². The van der Waals surface area contributed by atoms with Crippen molar-refractivity contribution in [1.82, 2.24) is 4.90 Å². The molecule has 0 bridgehead atoms. The quantitative estimate of drug-likeness (QED) is 0.871. The Morgan fingerprint density at radius 3 is 2.81 bits per heavy atom. The van der Waals surface area contributed by atoms with Crippen molar-refractivity contribution in [3.63, 3.8) is 0 Å². The van der Waals surface area contributed by atoms with Crippen LogP contribution in [0.1, 0.15) is 13.3 Å². The van der Waals surface area contributed by atoms with E-state index in [2.05, 4.69) is 0 Å². The molecular formula is C14H16ClNO5. The molecule has 0 aromatic heterocycles. The van der Waals surface area contributed by atoms with Crippen LogP contribution in [0, 0.1) is 0 Å². The molecule has 3 atom stereocenters. The van der Waals surface area contributed by atoms with Crippen LogP contribution in [-0.2, 0) is 9.59 Å². The van der Waals surface area contributed by atoms with Crippen LogP contribution >= 0.6 is 11.6 Å². The molecule has 1 amide bonds. The average Bonchev–Trinajstić information content (AvgIpc) is 2.80. The number of hydrogen-bond donors (Lipinski definition) is 2. The lowest BCUT2D eigenvalue weighted by Crippen LogP contribution is -2.46. The minimum atomic E-state index is -1.13. The Hall–Kier alpha value is -1.79. The number of rotatable bonds is 4. The molecule has 1 aliphatic rings. The van der Waals surface area contributed by atoms with Crippen molar-refractivity contribution in [3.8, 4) is 5.75 Å². The van der Waals surface area contributed by atoms with E-state index in [0.717, 1.165) is 4.90 Å². The molecule has 6 nitrogen and oxygen atoms in total. The molecule has 1 saturated heterocycles. The molecule has 1 aromatic carbocycles. The topological polar surface area (TPSA) is 87.1 Å². The molecule has 21 heavy (non-hydrogen) atoms. The van der Waals surface area contributed by atoms with Crippen LogP contribution in [-0.4, -0.2) is 51.8 Å². The van der Waals surface area contributed by atoms with E-state index in [4.69, 9.17) is 21.4 Å². The van der Waals surface area contributed by atoms with Gasteiger partial charge in [-0.2, -0.15) is 0 Å². The van der Waals surface area contributed by atoms with Gasteiger partial charge in [-0.05, 0) is 25.1 Å². The van der Waals surface area contributed by atoms with E-state index in [1.807, 2.05) is 0 Å². The highest BCUT2D eigenvalue weighted by molar-refractivity contribution is 6.30. The molecule has 2 N–H and O–H groups in total. The first-order chi connectivity index (χ1) is 9.88. The highest BCUT2D eigenvalue weighted by atomic mass is 35.5. The zero-order chi connectivity index (χ0) is 15.6. The molecule has 0 aliphatic carbocycles. The van der Waals surface area contributed by atoms with Crippen molar-refractivity contribution in [3.05, 3.63) is 29.3 Å². The molecule has 1 fully saturated rings. The fraction of sp³-hybridized carbons (Fsp3) is 0.429. The molecule has 7 heteroatoms. The molecule has 1 aliphatic heterocycles. The maximum absolute atomic E-state index is 12.3. The van der Waals surface area contributed by atoms with Crippen LogP contribution < -0.4 is 4.74 Å². The molecule has 0 saturated carbocycles. The number of halogens is 1. The average molecular weight is 314 g/mol. The van der Waals surface area contributed by atoms with E-state index >= 15 is 0 Å². The molecule has 0 radical (unpaired) electrons. The number of benzene rings is 1. The predicted molar refractivity (Wildman–Crippen MR) is 75.3 cm³/mol. The number of aliphatic hydroxyl groups is 1. The third kappa shape index (κ3) is 3.65. The van der Waals surface area contributed by atoms with E-state index < -0.39 is 30.1 Å². The number of β-amino-alcohol motifs (C(OH)–C–C–N with tert-alkyl or cyclic N) is 1. The van der Waals surface area contributed by atoms with Crippen molar-refractivity contribution in [2.45, 2.75) is 31.6 Å². The molecule has 1 heterocycles. The second-order valence-corrected chi connectivity index (χ2v) is 5.39. The van der Waals surface area contributed by atoms with Gasteiger partial charge in [-0.1, -0.05) is 17.7 Å². The Bertz CT molecular complexity index is 550. The lowest BCUT2D eigenvalue weighted by Gasteiger charge is -2.25. The van der Waals surface area contributed by atoms with Crippen molar-refractivity contribution < 1.29 is 24.5 Å². The summed E-state index contributed by atoms with van der Waals surface area (Å²) in [7, 11) is 0. The van der Waals surface area contributed by atoms with Crippen LogP contribution in [0.15, 0.2) is 24.3 Å². The van der Waals surface area contributed by atoms with Crippen LogP contribution in [0.3, 0.4) is 0 Å². The first-order valence-electron chi connectivity index (χ1n) is 6.52. The molecule has 114 valence electrons. The Balaban J connectivity index is 2.06. The number of carbonyl (C=O) groups is 2. The van der Waals surface area contributed by atoms with Gasteiger partial charge in [0, 0.05) is 18.0 Å². The first-order valence-corrected chi connectivity index (χ1v) is 6.90. The highest BCUT2D eigenvalue weighted by Crippen LogP contribution is 2.22. The number of amides is 1. The van der Waals surface area contributed by atoms with E-state index in [9.17, 15) is 14.7 Å². The third-order valence-electron chi connectivity index (χ3n) is 3.30. The van der Waals surface area contributed by atoms with Gasteiger partial charge >= 0.3 is 5.97 Å². The van der Waals surface area contributed by atoms with Crippen LogP contribution in [0.2, 0.25) is 5.02 Å². The number of carboxylic acids is 1. The number of ether oxygens (including phenoxy) is 1. The lowest BCUT2D eigenvalue weighted by atomic mass is 10.2. The van der Waals surface area contributed by atoms with E-state index in [1.165, 1.54) is 6.92 Å². The Morgan fingerprint density at radius 1 is 1.48 bits per heavy atom. The van der Waals surface area contributed by atoms with Crippen molar-refractivity contribution in [1.29, 1.82) is 0 Å². The minimum Gasteiger partial charge on any atom is -0.481 e. The fourth-order valence-corrected chi connectivity index (χ4v) is 2.50. The van der Waals surface area contributed by atoms with Gasteiger partial charge in [-0.15, -0.1) is 0 Å². The maximum Gasteiger partial charge on any atom is 0.326 e. The minimum absolute atomic E-state index is 0.000947. The standard InChI is InChI=1S/C14H16ClNO5/c1-8(21-11-4-2-3-9(15)5-11)13(18)16-7-10(17)6-12(16)14(19)20/h2-5,8,10,12,17H,6-7H2,1H3,(H,19,20)/t8?,10?,12-/m0/s1. The second kappa shape index (κ2) is 6.32. The molecular weight excluding hydrogens is 298 g/mol. The van der Waals surface area contributed by atoms with Gasteiger partial charge in [-0.3, -0.25) is 4.79 Å². The van der Waals surface area contributed by atoms with Crippen molar-refractivity contribution in [2.24, 2.45) is 0 Å². The Kier molecular flexibility index (Phi) is 4.69. The number of aliphatic carboxylic acids is 1. The summed E-state index contributed by atoms with van der Waals surface area (Å²) in [5.41, 5.74) is 0. The predicted octanol–water partition coefficient (Wildman–Crippen LogP) is 1.15. The van der Waals surface area contributed by atoms with Crippen molar-refractivity contribution >= 4 is 23.5 Å². The summed E-state index contributed by atoms with van der Waals surface area (Å²) in [5, 5.41) is 19.1. The van der Waals surface area contributed by atoms with Gasteiger partial charge in [-0.25, -0.2) is 4.79 Å². The lowest BCUT2D eigenvalue weighted by molar-refractivity contribution is -0.150. The van der Waals surface area contributed by atoms with E-state index in [1.54, 1.807) is 24.3 Å². The molecule has 1 aromatic rings. The van der Waals surface area contributed by atoms with Gasteiger partial charge < -0.3 is 19.8 Å². The SMILES string of the molecule is CC(Oc1cccc(Cl)c1)C(=O)N1CC(O)C[C@H]1C(=O)O. The van der Waals surface area contributed by atoms with Gasteiger partial charge in [0.1, 0.15) is 11.8 Å². The first kappa shape index (κ1) is 15.6. The summed E-state index contributed by atoms with van der Waals surface area (Å²) in [5.74, 6) is -1.18. The summed E-state index contributed by atoms with van der Waals surface area (Å²) in [6, 6.07) is 5.58. The molecule has 2 rings (SSSR count). The summed E-state index contributed by atoms with van der Waals surface area (Å²) in [6.45, 7) is 1.53. The smallest absolute Gasteiger partial charge is 0.326 e. The summed E-state index contributed by atoms with van der Waals surface area (Å²) >= 11 is 5.83. The fourth-order valence-electron chi connectivity index (χ4n) is 2.32. The normalized spacial score (nSPS) is 22.9. The zero-order valence-corrected chi connectivity index (χ0v) is 12.2. The zero-order valence-electron chi connectivity index (χ0n) is 11.4. The van der Waals surface area contributed by atoms with Gasteiger partial charge in [0.2, 0.25) is 0 Å². The Morgan fingerprint density at radius 2 is 2.19 bits per heavy atom. The second-order valence-electron chi connectivity index (χ2n) is 4.95. The van der Waals surface area contributed by atoms with Gasteiger partial charge in [0.25, 0.3) is 5.91 Å². The van der Waals surface area contributed by atoms with Gasteiger partial charge in [0.05, 0.1) is 6.10 Å². The number of carboxylic acid groups (broad SMARTS) is 1. The van der Waals surface area contributed by atoms with Crippen LogP contribution in [0.5, 0.6) is 5.75 Å². The number of carbonyl (C=O) groups excluding carboxylic acids is 1. The van der Waals surface area contributed by atoms with E-state index in [0.29, 0.717) is 10.8 Å². The maximum atomic E-state index is 12.3. The highest BCUT2D eigenvalue weighted by Gasteiger charge is 2.40. The molecule has 0 spiro atoms. The monoisotopic (exact) mass is 313 g/mol.